The quantitative estimate of drug-likeness (QED) is 0.818. The number of amides is 1. The predicted molar refractivity (Wildman–Crippen MR) is 83.3 cm³/mol. The van der Waals surface area contributed by atoms with Crippen LogP contribution in [0.5, 0.6) is 0 Å². The Bertz CT molecular complexity index is 595. The Morgan fingerprint density at radius 2 is 2.37 bits per heavy atom. The minimum Gasteiger partial charge on any atom is -0.302 e. The van der Waals surface area contributed by atoms with E-state index < -0.39 is 0 Å². The number of rotatable bonds is 5. The highest BCUT2D eigenvalue weighted by atomic mass is 79.9. The largest absolute Gasteiger partial charge is 0.302 e. The fourth-order valence-electron chi connectivity index (χ4n) is 1.53. The number of allylic oxidation sites excluding steroid dienone is 1. The molecule has 1 aromatic carbocycles. The van der Waals surface area contributed by atoms with E-state index in [1.54, 1.807) is 6.08 Å². The molecule has 0 aliphatic heterocycles. The van der Waals surface area contributed by atoms with Crippen LogP contribution in [0.25, 0.3) is 11.3 Å². The molecule has 0 bridgehead atoms. The van der Waals surface area contributed by atoms with E-state index in [1.807, 2.05) is 29.6 Å². The summed E-state index contributed by atoms with van der Waals surface area (Å²) in [6.45, 7) is 3.59. The summed E-state index contributed by atoms with van der Waals surface area (Å²) in [6, 6.07) is 7.91. The van der Waals surface area contributed by atoms with Gasteiger partial charge < -0.3 is 5.32 Å². The Labute approximate surface area is 124 Å². The number of thiazole rings is 1. The lowest BCUT2D eigenvalue weighted by atomic mass is 10.2. The molecule has 1 heterocycles. The van der Waals surface area contributed by atoms with E-state index in [2.05, 4.69) is 32.8 Å². The summed E-state index contributed by atoms with van der Waals surface area (Å²) < 4.78 is 1.01. The fraction of sp³-hybridized carbons (Fsp3) is 0.143. The zero-order chi connectivity index (χ0) is 13.7. The summed E-state index contributed by atoms with van der Waals surface area (Å²) in [5, 5.41) is 5.35. The molecule has 2 rings (SSSR count). The number of carbonyl (C=O) groups excluding carboxylic acids is 1. The van der Waals surface area contributed by atoms with Gasteiger partial charge in [-0.05, 0) is 18.6 Å². The van der Waals surface area contributed by atoms with Gasteiger partial charge in [-0.3, -0.25) is 4.79 Å². The number of anilines is 1. The second kappa shape index (κ2) is 6.63. The van der Waals surface area contributed by atoms with Crippen LogP contribution in [0, 0.1) is 0 Å². The average Bonchev–Trinajstić information content (AvgIpc) is 2.85. The Hall–Kier alpha value is -1.46. The Morgan fingerprint density at radius 1 is 1.53 bits per heavy atom. The van der Waals surface area contributed by atoms with Gasteiger partial charge in [-0.25, -0.2) is 4.98 Å². The van der Waals surface area contributed by atoms with E-state index in [1.165, 1.54) is 11.3 Å². The van der Waals surface area contributed by atoms with Gasteiger partial charge in [0.2, 0.25) is 5.91 Å². The first-order valence-electron chi connectivity index (χ1n) is 5.81. The van der Waals surface area contributed by atoms with E-state index in [9.17, 15) is 4.79 Å². The van der Waals surface area contributed by atoms with Crippen LogP contribution in [-0.2, 0) is 4.79 Å². The van der Waals surface area contributed by atoms with Crippen molar-refractivity contribution in [2.75, 3.05) is 5.32 Å². The molecule has 0 unspecified atom stereocenters. The molecule has 0 aliphatic carbocycles. The van der Waals surface area contributed by atoms with Crippen LogP contribution in [0.3, 0.4) is 0 Å². The lowest BCUT2D eigenvalue weighted by molar-refractivity contribution is -0.116. The number of aromatic nitrogens is 1. The van der Waals surface area contributed by atoms with E-state index in [4.69, 9.17) is 0 Å². The molecular formula is C14H13BrN2OS. The van der Waals surface area contributed by atoms with Gasteiger partial charge in [-0.1, -0.05) is 34.1 Å². The minimum atomic E-state index is -0.0324. The molecule has 0 saturated carbocycles. The molecular weight excluding hydrogens is 324 g/mol. The molecule has 1 aromatic heterocycles. The highest BCUT2D eigenvalue weighted by Gasteiger charge is 2.07. The van der Waals surface area contributed by atoms with Gasteiger partial charge in [0.15, 0.2) is 5.13 Å². The van der Waals surface area contributed by atoms with E-state index >= 15 is 0 Å². The number of nitrogens with zero attached hydrogens (tertiary/aromatic N) is 1. The third kappa shape index (κ3) is 4.01. The summed E-state index contributed by atoms with van der Waals surface area (Å²) in [5.74, 6) is -0.0324. The van der Waals surface area contributed by atoms with Gasteiger partial charge in [-0.15, -0.1) is 17.9 Å². The number of benzene rings is 1. The summed E-state index contributed by atoms with van der Waals surface area (Å²) in [7, 11) is 0. The highest BCUT2D eigenvalue weighted by molar-refractivity contribution is 9.10. The Kier molecular flexibility index (Phi) is 4.87. The first-order valence-corrected chi connectivity index (χ1v) is 7.48. The van der Waals surface area contributed by atoms with Crippen molar-refractivity contribution in [2.24, 2.45) is 0 Å². The van der Waals surface area contributed by atoms with Gasteiger partial charge in [0.1, 0.15) is 0 Å². The fourth-order valence-corrected chi connectivity index (χ4v) is 2.66. The van der Waals surface area contributed by atoms with Gasteiger partial charge in [0.25, 0.3) is 0 Å². The number of nitrogens with one attached hydrogen (secondary N) is 1. The molecule has 0 aliphatic rings. The van der Waals surface area contributed by atoms with Crippen molar-refractivity contribution in [3.8, 4) is 11.3 Å². The number of hydrogen-bond acceptors (Lipinski definition) is 3. The molecule has 0 radical (unpaired) electrons. The molecule has 0 saturated heterocycles. The summed E-state index contributed by atoms with van der Waals surface area (Å²) in [6.07, 6.45) is 2.85. The van der Waals surface area contributed by atoms with Crippen LogP contribution in [0.4, 0.5) is 5.13 Å². The van der Waals surface area contributed by atoms with Crippen LogP contribution in [0.1, 0.15) is 12.8 Å². The van der Waals surface area contributed by atoms with Crippen LogP contribution in [-0.4, -0.2) is 10.9 Å². The van der Waals surface area contributed by atoms with Gasteiger partial charge in [-0.2, -0.15) is 0 Å². The molecule has 98 valence electrons. The minimum absolute atomic E-state index is 0.0324. The van der Waals surface area contributed by atoms with Crippen molar-refractivity contribution in [2.45, 2.75) is 12.8 Å². The number of hydrogen-bond donors (Lipinski definition) is 1. The maximum absolute atomic E-state index is 11.6. The molecule has 2 aromatic rings. The van der Waals surface area contributed by atoms with Crippen molar-refractivity contribution in [3.63, 3.8) is 0 Å². The molecule has 19 heavy (non-hydrogen) atoms. The Morgan fingerprint density at radius 3 is 3.11 bits per heavy atom. The first-order chi connectivity index (χ1) is 9.19. The molecule has 5 heteroatoms. The first kappa shape index (κ1) is 14.0. The second-order valence-corrected chi connectivity index (χ2v) is 5.70. The molecule has 0 spiro atoms. The molecule has 3 nitrogen and oxygen atoms in total. The summed E-state index contributed by atoms with van der Waals surface area (Å²) in [4.78, 5) is 16.0. The zero-order valence-corrected chi connectivity index (χ0v) is 12.6. The highest BCUT2D eigenvalue weighted by Crippen LogP contribution is 2.26. The lowest BCUT2D eigenvalue weighted by Crippen LogP contribution is -2.10. The molecule has 0 fully saturated rings. The lowest BCUT2D eigenvalue weighted by Gasteiger charge is -1.99. The number of carbonyl (C=O) groups is 1. The van der Waals surface area contributed by atoms with Gasteiger partial charge in [0, 0.05) is 21.8 Å². The van der Waals surface area contributed by atoms with Crippen molar-refractivity contribution in [1.82, 2.24) is 4.98 Å². The SMILES string of the molecule is C=CCCC(=O)Nc1nc(-c2cccc(Br)c2)cs1. The van der Waals surface area contributed by atoms with E-state index in [0.29, 0.717) is 18.0 Å². The molecule has 1 N–H and O–H groups in total. The standard InChI is InChI=1S/C14H13BrN2OS/c1-2-3-7-13(18)17-14-16-12(9-19-14)10-5-4-6-11(15)8-10/h2,4-6,8-9H,1,3,7H2,(H,16,17,18). The van der Waals surface area contributed by atoms with Crippen molar-refractivity contribution in [1.29, 1.82) is 0 Å². The summed E-state index contributed by atoms with van der Waals surface area (Å²) in [5.41, 5.74) is 1.89. The molecule has 0 atom stereocenters. The van der Waals surface area contributed by atoms with Crippen LogP contribution >= 0.6 is 27.3 Å². The van der Waals surface area contributed by atoms with Gasteiger partial charge in [0.05, 0.1) is 5.69 Å². The van der Waals surface area contributed by atoms with Crippen molar-refractivity contribution >= 4 is 38.3 Å². The zero-order valence-electron chi connectivity index (χ0n) is 10.2. The monoisotopic (exact) mass is 336 g/mol. The third-order valence-electron chi connectivity index (χ3n) is 2.45. The smallest absolute Gasteiger partial charge is 0.226 e. The maximum Gasteiger partial charge on any atom is 0.226 e. The maximum atomic E-state index is 11.6. The molecule has 1 amide bonds. The topological polar surface area (TPSA) is 42.0 Å². The number of halogens is 1. The summed E-state index contributed by atoms with van der Waals surface area (Å²) >= 11 is 4.86. The van der Waals surface area contributed by atoms with Crippen LogP contribution in [0.2, 0.25) is 0 Å². The second-order valence-electron chi connectivity index (χ2n) is 3.92. The van der Waals surface area contributed by atoms with Crippen LogP contribution in [0.15, 0.2) is 46.8 Å². The normalized spacial score (nSPS) is 10.2. The van der Waals surface area contributed by atoms with Crippen molar-refractivity contribution in [3.05, 3.63) is 46.8 Å². The average molecular weight is 337 g/mol. The predicted octanol–water partition coefficient (Wildman–Crippen LogP) is 4.48. The van der Waals surface area contributed by atoms with E-state index in [0.717, 1.165) is 15.7 Å². The third-order valence-corrected chi connectivity index (χ3v) is 3.70. The van der Waals surface area contributed by atoms with E-state index in [-0.39, 0.29) is 5.91 Å². The van der Waals surface area contributed by atoms with Gasteiger partial charge >= 0.3 is 0 Å². The Balaban J connectivity index is 2.07. The van der Waals surface area contributed by atoms with Crippen LogP contribution < -0.4 is 5.32 Å². The van der Waals surface area contributed by atoms with Crippen molar-refractivity contribution < 1.29 is 4.79 Å².